The summed E-state index contributed by atoms with van der Waals surface area (Å²) in [5.74, 6) is 0. The molecule has 0 fully saturated rings. The molecule has 1 rings (SSSR count). The van der Waals surface area contributed by atoms with E-state index in [1.807, 2.05) is 39.0 Å². The van der Waals surface area contributed by atoms with Crippen molar-refractivity contribution in [1.82, 2.24) is 11.1 Å². The first-order valence-corrected chi connectivity index (χ1v) is 3.27. The minimum atomic E-state index is 0. The summed E-state index contributed by atoms with van der Waals surface area (Å²) in [4.78, 5) is 3.98. The molecule has 0 amide bonds. The molecule has 0 saturated carbocycles. The van der Waals surface area contributed by atoms with Crippen molar-refractivity contribution in [3.05, 3.63) is 30.1 Å². The van der Waals surface area contributed by atoms with Crippen LogP contribution >= 0.6 is 24.8 Å². The summed E-state index contributed by atoms with van der Waals surface area (Å²) in [5, 5.41) is 0. The number of aryl methyl sites for hydroxylation is 1. The van der Waals surface area contributed by atoms with Crippen molar-refractivity contribution in [3.63, 3.8) is 0 Å². The van der Waals surface area contributed by atoms with Crippen LogP contribution in [0, 0.1) is 6.92 Å². The van der Waals surface area contributed by atoms with Gasteiger partial charge in [-0.3, -0.25) is 4.98 Å². The molecule has 0 unspecified atom stereocenters. The Bertz CT molecular complexity index is 145. The van der Waals surface area contributed by atoms with Crippen molar-refractivity contribution in [2.75, 3.05) is 0 Å². The van der Waals surface area contributed by atoms with Crippen molar-refractivity contribution >= 4 is 24.8 Å². The molecule has 0 aliphatic heterocycles. The lowest BCUT2D eigenvalue weighted by Gasteiger charge is -1.82. The average Bonchev–Trinajstić information content (AvgIpc) is 1.94. The van der Waals surface area contributed by atoms with Crippen LogP contribution in [0.15, 0.2) is 24.4 Å². The third kappa shape index (κ3) is 12.4. The van der Waals surface area contributed by atoms with E-state index in [9.17, 15) is 0 Å². The minimum absolute atomic E-state index is 0. The van der Waals surface area contributed by atoms with Crippen molar-refractivity contribution < 1.29 is 0 Å². The molecule has 0 radical (unpaired) electrons. The first kappa shape index (κ1) is 22.6. The second-order valence-corrected chi connectivity index (χ2v) is 1.47. The highest BCUT2D eigenvalue weighted by Gasteiger charge is 1.73. The maximum atomic E-state index is 3.98. The molecule has 4 heteroatoms. The fourth-order valence-electron chi connectivity index (χ4n) is 0.448. The molecule has 12 heavy (non-hydrogen) atoms. The lowest BCUT2D eigenvalue weighted by atomic mass is 10.4. The van der Waals surface area contributed by atoms with Gasteiger partial charge in [-0.15, -0.1) is 24.8 Å². The molecule has 0 spiro atoms. The zero-order valence-electron chi connectivity index (χ0n) is 7.78. The summed E-state index contributed by atoms with van der Waals surface area (Å²) < 4.78 is 0. The van der Waals surface area contributed by atoms with Crippen molar-refractivity contribution in [2.45, 2.75) is 20.8 Å². The van der Waals surface area contributed by atoms with Gasteiger partial charge in [0.15, 0.2) is 0 Å². The third-order valence-electron chi connectivity index (χ3n) is 0.813. The van der Waals surface area contributed by atoms with Crippen LogP contribution in [0.5, 0.6) is 0 Å². The normalized spacial score (nSPS) is 5.58. The summed E-state index contributed by atoms with van der Waals surface area (Å²) in [5.41, 5.74) is 1.07. The highest BCUT2D eigenvalue weighted by atomic mass is 35.5. The van der Waals surface area contributed by atoms with E-state index in [4.69, 9.17) is 0 Å². The van der Waals surface area contributed by atoms with Gasteiger partial charge in [0, 0.05) is 11.9 Å². The Morgan fingerprint density at radius 1 is 1.08 bits per heavy atom. The largest absolute Gasteiger partial charge is 0.344 e. The molecule has 0 aromatic carbocycles. The van der Waals surface area contributed by atoms with E-state index in [0.29, 0.717) is 0 Å². The molecule has 0 aliphatic rings. The Hall–Kier alpha value is -0.310. The van der Waals surface area contributed by atoms with Gasteiger partial charge in [0.25, 0.3) is 0 Å². The van der Waals surface area contributed by atoms with Crippen LogP contribution in [0.3, 0.4) is 0 Å². The van der Waals surface area contributed by atoms with E-state index in [1.165, 1.54) is 0 Å². The van der Waals surface area contributed by atoms with Gasteiger partial charge in [0.2, 0.25) is 0 Å². The number of pyridine rings is 1. The topological polar surface area (TPSA) is 47.9 Å². The van der Waals surface area contributed by atoms with Gasteiger partial charge in [0.1, 0.15) is 0 Å². The molecule has 0 atom stereocenters. The minimum Gasteiger partial charge on any atom is -0.344 e. The highest BCUT2D eigenvalue weighted by molar-refractivity contribution is 5.85. The summed E-state index contributed by atoms with van der Waals surface area (Å²) in [7, 11) is 0. The molecule has 0 bridgehead atoms. The number of hydrogen-bond donors (Lipinski definition) is 1. The monoisotopic (exact) mass is 212 g/mol. The lowest BCUT2D eigenvalue weighted by molar-refractivity contribution is 1.20. The van der Waals surface area contributed by atoms with Crippen molar-refractivity contribution in [3.8, 4) is 0 Å². The molecule has 1 aromatic rings. The smallest absolute Gasteiger partial charge is 0.0372 e. The van der Waals surface area contributed by atoms with E-state index in [-0.39, 0.29) is 31.0 Å². The Kier molecular flexibility index (Phi) is 32.0. The Morgan fingerprint density at radius 2 is 1.58 bits per heavy atom. The lowest BCUT2D eigenvalue weighted by Crippen LogP contribution is -1.72. The van der Waals surface area contributed by atoms with Crippen LogP contribution in [-0.4, -0.2) is 4.98 Å². The van der Waals surface area contributed by atoms with Crippen molar-refractivity contribution in [1.29, 1.82) is 0 Å². The van der Waals surface area contributed by atoms with E-state index < -0.39 is 0 Å². The maximum Gasteiger partial charge on any atom is 0.0372 e. The number of hydrogen-bond acceptors (Lipinski definition) is 2. The Balaban J connectivity index is -0.0000000600. The molecule has 1 aromatic heterocycles. The predicted octanol–water partition coefficient (Wildman–Crippen LogP) is 3.42. The molecular formula is C8H18Cl2N2. The van der Waals surface area contributed by atoms with Gasteiger partial charge in [-0.25, -0.2) is 0 Å². The second kappa shape index (κ2) is 17.0. The van der Waals surface area contributed by atoms with Crippen LogP contribution in [0.4, 0.5) is 0 Å². The van der Waals surface area contributed by atoms with Crippen LogP contribution in [0.25, 0.3) is 0 Å². The Labute approximate surface area is 87.2 Å². The number of aromatic nitrogens is 1. The molecule has 3 N–H and O–H groups in total. The van der Waals surface area contributed by atoms with Crippen LogP contribution < -0.4 is 6.15 Å². The highest BCUT2D eigenvalue weighted by Crippen LogP contribution is 1.85. The SMILES string of the molecule is CC.Cc1ccccn1.Cl.Cl.N. The van der Waals surface area contributed by atoms with Crippen molar-refractivity contribution in [2.24, 2.45) is 0 Å². The van der Waals surface area contributed by atoms with Gasteiger partial charge in [-0.05, 0) is 19.1 Å². The number of nitrogens with zero attached hydrogens (tertiary/aromatic N) is 1. The quantitative estimate of drug-likeness (QED) is 0.717. The zero-order valence-corrected chi connectivity index (χ0v) is 9.41. The predicted molar refractivity (Wildman–Crippen MR) is 59.8 cm³/mol. The molecule has 1 heterocycles. The zero-order chi connectivity index (χ0) is 7.11. The number of halogens is 2. The standard InChI is InChI=1S/C6H7N.C2H6.2ClH.H3N/c1-6-4-2-3-5-7-6;1-2;;;/h2-5H,1H3;1-2H3;2*1H;1H3. The van der Waals surface area contributed by atoms with Crippen LogP contribution in [-0.2, 0) is 0 Å². The van der Waals surface area contributed by atoms with Gasteiger partial charge >= 0.3 is 0 Å². The third-order valence-corrected chi connectivity index (χ3v) is 0.813. The summed E-state index contributed by atoms with van der Waals surface area (Å²) in [6.07, 6.45) is 1.79. The summed E-state index contributed by atoms with van der Waals surface area (Å²) in [6, 6.07) is 5.86. The average molecular weight is 213 g/mol. The van der Waals surface area contributed by atoms with Gasteiger partial charge < -0.3 is 6.15 Å². The van der Waals surface area contributed by atoms with E-state index in [0.717, 1.165) is 5.69 Å². The van der Waals surface area contributed by atoms with Gasteiger partial charge in [-0.1, -0.05) is 19.9 Å². The molecule has 2 nitrogen and oxygen atoms in total. The maximum absolute atomic E-state index is 3.98. The summed E-state index contributed by atoms with van der Waals surface area (Å²) in [6.45, 7) is 5.97. The van der Waals surface area contributed by atoms with E-state index in [2.05, 4.69) is 4.98 Å². The molecule has 0 saturated heterocycles. The van der Waals surface area contributed by atoms with Gasteiger partial charge in [-0.2, -0.15) is 0 Å². The first-order chi connectivity index (χ1) is 4.39. The number of rotatable bonds is 0. The Morgan fingerprint density at radius 3 is 1.75 bits per heavy atom. The van der Waals surface area contributed by atoms with E-state index in [1.54, 1.807) is 6.20 Å². The molecule has 0 aliphatic carbocycles. The fourth-order valence-corrected chi connectivity index (χ4v) is 0.448. The molecular weight excluding hydrogens is 195 g/mol. The first-order valence-electron chi connectivity index (χ1n) is 3.27. The fraction of sp³-hybridized carbons (Fsp3) is 0.375. The molecule has 74 valence electrons. The van der Waals surface area contributed by atoms with Gasteiger partial charge in [0.05, 0.1) is 0 Å². The second-order valence-electron chi connectivity index (χ2n) is 1.47. The summed E-state index contributed by atoms with van der Waals surface area (Å²) >= 11 is 0. The van der Waals surface area contributed by atoms with Crippen LogP contribution in [0.1, 0.15) is 19.5 Å². The van der Waals surface area contributed by atoms with Crippen LogP contribution in [0.2, 0.25) is 0 Å². The van der Waals surface area contributed by atoms with E-state index >= 15 is 0 Å².